The molecule has 0 saturated heterocycles. The van der Waals surface area contributed by atoms with Crippen molar-refractivity contribution in [3.63, 3.8) is 0 Å². The second-order valence-corrected chi connectivity index (χ2v) is 6.83. The molecule has 0 bridgehead atoms. The summed E-state index contributed by atoms with van der Waals surface area (Å²) in [4.78, 5) is 0. The lowest BCUT2D eigenvalue weighted by Gasteiger charge is -2.08. The van der Waals surface area contributed by atoms with Crippen LogP contribution in [0.5, 0.6) is 17.2 Å². The number of nitrogens with zero attached hydrogens (tertiary/aromatic N) is 3. The Bertz CT molecular complexity index is 1020. The van der Waals surface area contributed by atoms with Crippen molar-refractivity contribution in [2.45, 2.75) is 26.4 Å². The molecule has 0 aliphatic rings. The molecular formula is C20H22N4O3S. The first-order valence-corrected chi connectivity index (χ1v) is 9.19. The molecule has 3 rings (SSSR count). The Morgan fingerprint density at radius 2 is 1.93 bits per heavy atom. The molecule has 0 unspecified atom stereocenters. The van der Waals surface area contributed by atoms with Crippen molar-refractivity contribution in [1.29, 1.82) is 0 Å². The number of hydrogen-bond acceptors (Lipinski definition) is 6. The molecule has 0 radical (unpaired) electrons. The van der Waals surface area contributed by atoms with Gasteiger partial charge >= 0.3 is 0 Å². The van der Waals surface area contributed by atoms with Crippen molar-refractivity contribution in [2.75, 3.05) is 7.11 Å². The van der Waals surface area contributed by atoms with Crippen LogP contribution < -0.4 is 9.47 Å². The Kier molecular flexibility index (Phi) is 6.10. The van der Waals surface area contributed by atoms with Gasteiger partial charge in [0.25, 0.3) is 0 Å². The molecular weight excluding hydrogens is 376 g/mol. The van der Waals surface area contributed by atoms with Crippen LogP contribution in [0.15, 0.2) is 47.6 Å². The molecule has 0 aliphatic carbocycles. The van der Waals surface area contributed by atoms with E-state index in [2.05, 4.69) is 29.1 Å². The predicted octanol–water partition coefficient (Wildman–Crippen LogP) is 4.24. The fourth-order valence-electron chi connectivity index (χ4n) is 2.52. The quantitative estimate of drug-likeness (QED) is 0.459. The van der Waals surface area contributed by atoms with E-state index in [0.29, 0.717) is 27.8 Å². The maximum Gasteiger partial charge on any atom is 0.216 e. The monoisotopic (exact) mass is 398 g/mol. The van der Waals surface area contributed by atoms with E-state index >= 15 is 0 Å². The normalized spacial score (nSPS) is 11.3. The Labute approximate surface area is 168 Å². The molecule has 2 aromatic carbocycles. The number of rotatable bonds is 7. The molecule has 0 atom stereocenters. The largest absolute Gasteiger partial charge is 0.507 e. The van der Waals surface area contributed by atoms with Gasteiger partial charge < -0.3 is 14.6 Å². The number of nitrogens with one attached hydrogen (secondary N) is 1. The molecule has 28 heavy (non-hydrogen) atoms. The standard InChI is InChI=1S/C20H22N4O3S/c1-13(2)14-4-6-16(7-5-14)27-12-19-22-23-20(28)24(19)21-11-15-10-17(26-3)8-9-18(15)25/h4-11,13,25H,12H2,1-3H3,(H,23,28)/b21-11+. The van der Waals surface area contributed by atoms with Gasteiger partial charge in [-0.25, -0.2) is 5.10 Å². The van der Waals surface area contributed by atoms with Crippen LogP contribution in [0.1, 0.15) is 36.7 Å². The molecule has 0 amide bonds. The van der Waals surface area contributed by atoms with Gasteiger partial charge in [-0.15, -0.1) is 0 Å². The first-order valence-electron chi connectivity index (χ1n) is 8.78. The van der Waals surface area contributed by atoms with Crippen molar-refractivity contribution < 1.29 is 14.6 Å². The average Bonchev–Trinajstić information content (AvgIpc) is 3.05. The van der Waals surface area contributed by atoms with E-state index in [-0.39, 0.29) is 12.4 Å². The topological polar surface area (TPSA) is 84.7 Å². The second-order valence-electron chi connectivity index (χ2n) is 6.44. The zero-order valence-corrected chi connectivity index (χ0v) is 16.7. The summed E-state index contributed by atoms with van der Waals surface area (Å²) >= 11 is 5.23. The van der Waals surface area contributed by atoms with E-state index in [1.165, 1.54) is 16.5 Å². The lowest BCUT2D eigenvalue weighted by atomic mass is 10.0. The fourth-order valence-corrected chi connectivity index (χ4v) is 2.71. The van der Waals surface area contributed by atoms with Crippen LogP contribution in [-0.4, -0.2) is 33.3 Å². The average molecular weight is 398 g/mol. The Hall–Kier alpha value is -3.13. The number of aromatic amines is 1. The number of benzene rings is 2. The Morgan fingerprint density at radius 3 is 2.61 bits per heavy atom. The summed E-state index contributed by atoms with van der Waals surface area (Å²) in [6, 6.07) is 12.8. The van der Waals surface area contributed by atoms with Gasteiger partial charge in [0, 0.05) is 5.56 Å². The maximum atomic E-state index is 9.98. The van der Waals surface area contributed by atoms with Gasteiger partial charge in [-0.05, 0) is 54.0 Å². The van der Waals surface area contributed by atoms with E-state index in [4.69, 9.17) is 21.7 Å². The highest BCUT2D eigenvalue weighted by molar-refractivity contribution is 7.71. The van der Waals surface area contributed by atoms with Crippen molar-refractivity contribution >= 4 is 18.4 Å². The molecule has 7 nitrogen and oxygen atoms in total. The lowest BCUT2D eigenvalue weighted by molar-refractivity contribution is 0.290. The van der Waals surface area contributed by atoms with Gasteiger partial charge in [0.15, 0.2) is 5.82 Å². The number of phenolic OH excluding ortho intramolecular Hbond substituents is 1. The molecule has 0 fully saturated rings. The fraction of sp³-hybridized carbons (Fsp3) is 0.250. The third kappa shape index (κ3) is 4.58. The smallest absolute Gasteiger partial charge is 0.216 e. The van der Waals surface area contributed by atoms with E-state index in [1.54, 1.807) is 25.3 Å². The minimum atomic E-state index is 0.0857. The summed E-state index contributed by atoms with van der Waals surface area (Å²) < 4.78 is 12.7. The third-order valence-corrected chi connectivity index (χ3v) is 4.44. The molecule has 8 heteroatoms. The highest BCUT2D eigenvalue weighted by Crippen LogP contribution is 2.22. The van der Waals surface area contributed by atoms with Gasteiger partial charge in [-0.3, -0.25) is 0 Å². The molecule has 3 aromatic rings. The Morgan fingerprint density at radius 1 is 1.21 bits per heavy atom. The van der Waals surface area contributed by atoms with E-state index in [0.717, 1.165) is 5.75 Å². The highest BCUT2D eigenvalue weighted by atomic mass is 32.1. The second kappa shape index (κ2) is 8.71. The molecule has 146 valence electrons. The summed E-state index contributed by atoms with van der Waals surface area (Å²) in [6.45, 7) is 4.48. The SMILES string of the molecule is COc1ccc(O)c(/C=N/n2c(COc3ccc(C(C)C)cc3)n[nH]c2=S)c1. The Balaban J connectivity index is 1.76. The van der Waals surface area contributed by atoms with Gasteiger partial charge in [0.2, 0.25) is 4.77 Å². The minimum Gasteiger partial charge on any atom is -0.507 e. The number of phenols is 1. The van der Waals surface area contributed by atoms with E-state index < -0.39 is 0 Å². The summed E-state index contributed by atoms with van der Waals surface area (Å²) in [6.07, 6.45) is 1.49. The van der Waals surface area contributed by atoms with Crippen molar-refractivity contribution in [3.8, 4) is 17.2 Å². The van der Waals surface area contributed by atoms with Crippen molar-refractivity contribution in [3.05, 3.63) is 64.2 Å². The number of methoxy groups -OCH3 is 1. The van der Waals surface area contributed by atoms with E-state index in [9.17, 15) is 5.11 Å². The number of ether oxygens (including phenoxy) is 2. The van der Waals surface area contributed by atoms with E-state index in [1.807, 2.05) is 24.3 Å². The lowest BCUT2D eigenvalue weighted by Crippen LogP contribution is -2.04. The summed E-state index contributed by atoms with van der Waals surface area (Å²) in [7, 11) is 1.56. The first kappa shape index (κ1) is 19.6. The highest BCUT2D eigenvalue weighted by Gasteiger charge is 2.08. The van der Waals surface area contributed by atoms with Crippen LogP contribution in [0.3, 0.4) is 0 Å². The number of aromatic nitrogens is 3. The van der Waals surface area contributed by atoms with Crippen LogP contribution in [-0.2, 0) is 6.61 Å². The molecule has 1 heterocycles. The molecule has 0 aliphatic heterocycles. The molecule has 2 N–H and O–H groups in total. The summed E-state index contributed by atoms with van der Waals surface area (Å²) in [5, 5.41) is 21.2. The predicted molar refractivity (Wildman–Crippen MR) is 110 cm³/mol. The molecule has 1 aromatic heterocycles. The zero-order chi connectivity index (χ0) is 20.1. The number of H-pyrrole nitrogens is 1. The third-order valence-electron chi connectivity index (χ3n) is 4.18. The van der Waals surface area contributed by atoms with Crippen LogP contribution in [0.4, 0.5) is 0 Å². The van der Waals surface area contributed by atoms with Gasteiger partial charge in [0.05, 0.1) is 13.3 Å². The zero-order valence-electron chi connectivity index (χ0n) is 15.9. The number of aromatic hydroxyl groups is 1. The van der Waals surface area contributed by atoms with Crippen LogP contribution in [0, 0.1) is 4.77 Å². The number of hydrogen-bond donors (Lipinski definition) is 2. The maximum absolute atomic E-state index is 9.98. The molecule has 0 spiro atoms. The summed E-state index contributed by atoms with van der Waals surface area (Å²) in [5.41, 5.74) is 1.75. The first-order chi connectivity index (χ1) is 13.5. The van der Waals surface area contributed by atoms with Crippen LogP contribution in [0.25, 0.3) is 0 Å². The summed E-state index contributed by atoms with van der Waals surface area (Å²) in [5.74, 6) is 2.41. The van der Waals surface area contributed by atoms with Crippen molar-refractivity contribution in [1.82, 2.24) is 14.9 Å². The van der Waals surface area contributed by atoms with Gasteiger partial charge in [-0.2, -0.15) is 14.9 Å². The van der Waals surface area contributed by atoms with Gasteiger partial charge in [-0.1, -0.05) is 26.0 Å². The minimum absolute atomic E-state index is 0.0857. The van der Waals surface area contributed by atoms with Crippen LogP contribution in [0.2, 0.25) is 0 Å². The molecule has 0 saturated carbocycles. The van der Waals surface area contributed by atoms with Gasteiger partial charge in [0.1, 0.15) is 23.9 Å². The van der Waals surface area contributed by atoms with Crippen molar-refractivity contribution in [2.24, 2.45) is 5.10 Å². The van der Waals surface area contributed by atoms with Crippen LogP contribution >= 0.6 is 12.2 Å².